The number of benzene rings is 1. The summed E-state index contributed by atoms with van der Waals surface area (Å²) >= 11 is 11.9. The normalized spacial score (nSPS) is 23.5. The van der Waals surface area contributed by atoms with E-state index in [0.29, 0.717) is 36.1 Å². The van der Waals surface area contributed by atoms with Crippen LogP contribution in [0.1, 0.15) is 12.0 Å². The lowest BCUT2D eigenvalue weighted by Gasteiger charge is -2.33. The second kappa shape index (κ2) is 6.84. The van der Waals surface area contributed by atoms with E-state index in [-0.39, 0.29) is 5.92 Å². The Hall–Kier alpha value is -0.330. The van der Waals surface area contributed by atoms with Crippen molar-refractivity contribution in [3.8, 4) is 0 Å². The van der Waals surface area contributed by atoms with Crippen molar-refractivity contribution < 1.29 is 13.2 Å². The number of hydrogen-bond acceptors (Lipinski definition) is 3. The summed E-state index contributed by atoms with van der Waals surface area (Å²) < 4.78 is 31.6. The lowest BCUT2D eigenvalue weighted by atomic mass is 9.93. The highest BCUT2D eigenvalue weighted by atomic mass is 35.5. The zero-order chi connectivity index (χ0) is 15.6. The highest BCUT2D eigenvalue weighted by Crippen LogP contribution is 2.29. The molecule has 0 bridgehead atoms. The first-order chi connectivity index (χ1) is 9.82. The fourth-order valence-electron chi connectivity index (χ4n) is 2.60. The molecule has 0 aliphatic carbocycles. The summed E-state index contributed by atoms with van der Waals surface area (Å²) in [5.41, 5.74) is 0.971. The van der Waals surface area contributed by atoms with Crippen LogP contribution in [-0.2, 0) is 21.2 Å². The van der Waals surface area contributed by atoms with Gasteiger partial charge in [0.05, 0.1) is 21.9 Å². The van der Waals surface area contributed by atoms with Gasteiger partial charge in [-0.3, -0.25) is 0 Å². The number of hydrogen-bond donors (Lipinski definition) is 0. The first-order valence-corrected chi connectivity index (χ1v) is 9.01. The van der Waals surface area contributed by atoms with Crippen molar-refractivity contribution in [3.05, 3.63) is 33.8 Å². The quantitative estimate of drug-likeness (QED) is 0.837. The van der Waals surface area contributed by atoms with Crippen LogP contribution in [0.15, 0.2) is 18.2 Å². The van der Waals surface area contributed by atoms with Gasteiger partial charge in [0.15, 0.2) is 0 Å². The lowest BCUT2D eigenvalue weighted by Crippen LogP contribution is -2.44. The second-order valence-corrected chi connectivity index (χ2v) is 8.62. The standard InChI is InChI=1S/C14H19Cl2NO3S/c1-17(2)21(18,19)14-5-6-20-9-11(14)7-10-3-4-12(15)13(16)8-10/h3-4,8,11,14H,5-7,9H2,1-2H3/t11-,14-/m0/s1. The molecule has 2 rings (SSSR count). The van der Waals surface area contributed by atoms with Gasteiger partial charge < -0.3 is 4.74 Å². The molecule has 0 N–H and O–H groups in total. The zero-order valence-electron chi connectivity index (χ0n) is 12.1. The number of sulfonamides is 1. The number of rotatable bonds is 4. The summed E-state index contributed by atoms with van der Waals surface area (Å²) in [5, 5.41) is 0.561. The van der Waals surface area contributed by atoms with Crippen LogP contribution in [0, 0.1) is 5.92 Å². The van der Waals surface area contributed by atoms with Crippen molar-refractivity contribution in [1.29, 1.82) is 0 Å². The molecule has 1 saturated heterocycles. The molecule has 0 amide bonds. The monoisotopic (exact) mass is 351 g/mol. The maximum atomic E-state index is 12.4. The molecule has 118 valence electrons. The van der Waals surface area contributed by atoms with E-state index in [1.165, 1.54) is 4.31 Å². The van der Waals surface area contributed by atoms with Gasteiger partial charge in [-0.15, -0.1) is 0 Å². The Morgan fingerprint density at radius 1 is 1.29 bits per heavy atom. The summed E-state index contributed by atoms with van der Waals surface area (Å²) in [7, 11) is -0.152. The van der Waals surface area contributed by atoms with E-state index in [1.807, 2.05) is 6.07 Å². The van der Waals surface area contributed by atoms with Gasteiger partial charge in [-0.25, -0.2) is 12.7 Å². The minimum atomic E-state index is -3.29. The SMILES string of the molecule is CN(C)S(=O)(=O)[C@H]1CCOC[C@@H]1Cc1ccc(Cl)c(Cl)c1. The van der Waals surface area contributed by atoms with E-state index in [2.05, 4.69) is 0 Å². The van der Waals surface area contributed by atoms with Crippen LogP contribution >= 0.6 is 23.2 Å². The molecule has 1 fully saturated rings. The van der Waals surface area contributed by atoms with E-state index < -0.39 is 15.3 Å². The molecule has 2 atom stereocenters. The Morgan fingerprint density at radius 2 is 2.00 bits per heavy atom. The molecular weight excluding hydrogens is 333 g/mol. The van der Waals surface area contributed by atoms with Crippen molar-refractivity contribution in [1.82, 2.24) is 4.31 Å². The van der Waals surface area contributed by atoms with Crippen LogP contribution in [0.2, 0.25) is 10.0 Å². The summed E-state index contributed by atoms with van der Waals surface area (Å²) in [6, 6.07) is 5.40. The highest BCUT2D eigenvalue weighted by Gasteiger charge is 2.37. The Balaban J connectivity index is 2.21. The van der Waals surface area contributed by atoms with Crippen molar-refractivity contribution in [2.45, 2.75) is 18.1 Å². The van der Waals surface area contributed by atoms with Crippen molar-refractivity contribution in [3.63, 3.8) is 0 Å². The van der Waals surface area contributed by atoms with E-state index in [9.17, 15) is 8.42 Å². The molecule has 1 aliphatic rings. The van der Waals surface area contributed by atoms with Crippen molar-refractivity contribution >= 4 is 33.2 Å². The van der Waals surface area contributed by atoms with E-state index >= 15 is 0 Å². The molecule has 1 aromatic carbocycles. The molecule has 1 heterocycles. The van der Waals surface area contributed by atoms with Crippen LogP contribution in [0.3, 0.4) is 0 Å². The maximum Gasteiger partial charge on any atom is 0.216 e. The molecule has 4 nitrogen and oxygen atoms in total. The maximum absolute atomic E-state index is 12.4. The Morgan fingerprint density at radius 3 is 2.62 bits per heavy atom. The summed E-state index contributed by atoms with van der Waals surface area (Å²) in [4.78, 5) is 0. The molecule has 0 unspecified atom stereocenters. The van der Waals surface area contributed by atoms with Crippen LogP contribution in [0.5, 0.6) is 0 Å². The van der Waals surface area contributed by atoms with Gasteiger partial charge in [-0.2, -0.15) is 0 Å². The van der Waals surface area contributed by atoms with Gasteiger partial charge in [-0.05, 0) is 30.5 Å². The first kappa shape index (κ1) is 17.0. The molecule has 1 aromatic rings. The third-order valence-electron chi connectivity index (χ3n) is 3.78. The van der Waals surface area contributed by atoms with Crippen LogP contribution in [0.25, 0.3) is 0 Å². The largest absolute Gasteiger partial charge is 0.381 e. The van der Waals surface area contributed by atoms with Gasteiger partial charge in [0.1, 0.15) is 0 Å². The van der Waals surface area contributed by atoms with E-state index in [4.69, 9.17) is 27.9 Å². The Bertz CT molecular complexity index is 604. The van der Waals surface area contributed by atoms with Gasteiger partial charge in [-0.1, -0.05) is 29.3 Å². The number of nitrogens with zero attached hydrogens (tertiary/aromatic N) is 1. The molecule has 1 aliphatic heterocycles. The minimum absolute atomic E-state index is 0.0802. The smallest absolute Gasteiger partial charge is 0.216 e. The lowest BCUT2D eigenvalue weighted by molar-refractivity contribution is 0.0563. The van der Waals surface area contributed by atoms with Gasteiger partial charge >= 0.3 is 0 Å². The third kappa shape index (κ3) is 3.90. The molecule has 0 radical (unpaired) electrons. The fourth-order valence-corrected chi connectivity index (χ4v) is 4.52. The van der Waals surface area contributed by atoms with E-state index in [0.717, 1.165) is 5.56 Å². The summed E-state index contributed by atoms with van der Waals surface area (Å²) in [6.45, 7) is 0.924. The van der Waals surface area contributed by atoms with Crippen LogP contribution < -0.4 is 0 Å². The minimum Gasteiger partial charge on any atom is -0.381 e. The second-order valence-electron chi connectivity index (χ2n) is 5.44. The molecule has 0 aromatic heterocycles. The average Bonchev–Trinajstić information content (AvgIpc) is 2.43. The van der Waals surface area contributed by atoms with Gasteiger partial charge in [0.25, 0.3) is 0 Å². The first-order valence-electron chi connectivity index (χ1n) is 6.75. The molecular formula is C14H19Cl2NO3S. The van der Waals surface area contributed by atoms with E-state index in [1.54, 1.807) is 26.2 Å². The molecule has 7 heteroatoms. The highest BCUT2D eigenvalue weighted by molar-refractivity contribution is 7.89. The third-order valence-corrected chi connectivity index (χ3v) is 6.92. The number of ether oxygens (including phenoxy) is 1. The average molecular weight is 352 g/mol. The predicted octanol–water partition coefficient (Wildman–Crippen LogP) is 2.83. The zero-order valence-corrected chi connectivity index (χ0v) is 14.4. The van der Waals surface area contributed by atoms with Crippen LogP contribution in [-0.4, -0.2) is 45.3 Å². The summed E-state index contributed by atoms with van der Waals surface area (Å²) in [6.07, 6.45) is 1.13. The summed E-state index contributed by atoms with van der Waals surface area (Å²) in [5.74, 6) is -0.0802. The Labute approximate surface area is 136 Å². The molecule has 0 saturated carbocycles. The Kier molecular flexibility index (Phi) is 5.54. The van der Waals surface area contributed by atoms with Gasteiger partial charge in [0, 0.05) is 26.6 Å². The predicted molar refractivity (Wildman–Crippen MR) is 85.5 cm³/mol. The molecule has 0 spiro atoms. The van der Waals surface area contributed by atoms with Crippen molar-refractivity contribution in [2.75, 3.05) is 27.3 Å². The van der Waals surface area contributed by atoms with Crippen molar-refractivity contribution in [2.24, 2.45) is 5.92 Å². The number of halogens is 2. The molecule has 21 heavy (non-hydrogen) atoms. The topological polar surface area (TPSA) is 46.6 Å². The van der Waals surface area contributed by atoms with Gasteiger partial charge in [0.2, 0.25) is 10.0 Å². The fraction of sp³-hybridized carbons (Fsp3) is 0.571. The van der Waals surface area contributed by atoms with Crippen LogP contribution in [0.4, 0.5) is 0 Å².